The van der Waals surface area contributed by atoms with Crippen molar-refractivity contribution in [1.29, 1.82) is 0 Å². The lowest BCUT2D eigenvalue weighted by Gasteiger charge is -2.32. The minimum Gasteiger partial charge on any atom is -0.273 e. The maximum atomic E-state index is 12.3. The first kappa shape index (κ1) is 16.6. The number of hydrogen-bond acceptors (Lipinski definition) is 3. The van der Waals surface area contributed by atoms with E-state index in [2.05, 4.69) is 27.9 Å². The summed E-state index contributed by atoms with van der Waals surface area (Å²) in [6.45, 7) is 0. The molecule has 1 fully saturated rings. The molecule has 0 spiro atoms. The number of imide groups is 1. The first-order valence-corrected chi connectivity index (χ1v) is 9.32. The van der Waals surface area contributed by atoms with Gasteiger partial charge in [0.1, 0.15) is 0 Å². The molecule has 1 N–H and O–H groups in total. The number of rotatable bonds is 3. The molecule has 114 valence electrons. The number of carbonyl (C=O) groups is 2. The van der Waals surface area contributed by atoms with Gasteiger partial charge in [-0.2, -0.15) is 0 Å². The Bertz CT molecular complexity index is 518. The van der Waals surface area contributed by atoms with Gasteiger partial charge in [0.25, 0.3) is 5.91 Å². The summed E-state index contributed by atoms with van der Waals surface area (Å²) in [6, 6.07) is 7.18. The normalized spacial score (nSPS) is 15.5. The Morgan fingerprint density at radius 2 is 1.90 bits per heavy atom. The zero-order valence-electron chi connectivity index (χ0n) is 12.0. The van der Waals surface area contributed by atoms with Gasteiger partial charge in [-0.1, -0.05) is 31.4 Å². The van der Waals surface area contributed by atoms with E-state index < -0.39 is 0 Å². The van der Waals surface area contributed by atoms with Crippen LogP contribution in [0.15, 0.2) is 24.3 Å². The monoisotopic (exact) mass is 418 g/mol. The molecule has 21 heavy (non-hydrogen) atoms. The van der Waals surface area contributed by atoms with Crippen LogP contribution in [0.3, 0.4) is 0 Å². The Morgan fingerprint density at radius 1 is 1.24 bits per heavy atom. The van der Waals surface area contributed by atoms with Crippen LogP contribution in [0.4, 0.5) is 4.79 Å². The van der Waals surface area contributed by atoms with E-state index in [1.54, 1.807) is 16.4 Å². The zero-order chi connectivity index (χ0) is 15.2. The average molecular weight is 418 g/mol. The molecule has 1 aliphatic carbocycles. The molecule has 1 aliphatic rings. The number of halogens is 1. The predicted octanol–water partition coefficient (Wildman–Crippen LogP) is 4.05. The number of carbonyl (C=O) groups excluding carboxylic acids is 2. The van der Waals surface area contributed by atoms with E-state index in [4.69, 9.17) is 0 Å². The van der Waals surface area contributed by atoms with E-state index in [0.29, 0.717) is 5.56 Å². The van der Waals surface area contributed by atoms with Crippen molar-refractivity contribution in [2.24, 2.45) is 0 Å². The Morgan fingerprint density at radius 3 is 2.52 bits per heavy atom. The summed E-state index contributed by atoms with van der Waals surface area (Å²) in [6.07, 6.45) is 7.46. The Hall–Kier alpha value is -0.760. The lowest BCUT2D eigenvalue weighted by molar-refractivity contribution is 0.0955. The van der Waals surface area contributed by atoms with Crippen LogP contribution in [0.1, 0.15) is 42.5 Å². The van der Waals surface area contributed by atoms with E-state index in [-0.39, 0.29) is 18.0 Å². The van der Waals surface area contributed by atoms with Crippen LogP contribution in [-0.2, 0) is 0 Å². The van der Waals surface area contributed by atoms with Gasteiger partial charge in [-0.3, -0.25) is 14.4 Å². The lowest BCUT2D eigenvalue weighted by Crippen LogP contribution is -2.45. The summed E-state index contributed by atoms with van der Waals surface area (Å²) in [4.78, 5) is 24.5. The van der Waals surface area contributed by atoms with E-state index in [9.17, 15) is 9.59 Å². The van der Waals surface area contributed by atoms with Crippen molar-refractivity contribution in [3.63, 3.8) is 0 Å². The van der Waals surface area contributed by atoms with E-state index in [1.807, 2.05) is 18.4 Å². The fourth-order valence-corrected chi connectivity index (χ4v) is 3.93. The maximum absolute atomic E-state index is 12.3. The highest BCUT2D eigenvalue weighted by atomic mass is 127. The van der Waals surface area contributed by atoms with Gasteiger partial charge in [0.15, 0.2) is 0 Å². The topological polar surface area (TPSA) is 49.4 Å². The standard InChI is InChI=1S/C15H19IN2O2S/c1-21-18(11-7-3-2-4-8-11)15(20)17-14(19)12-9-5-6-10-13(12)16/h5-6,9-11H,2-4,7-8H2,1H3,(H,17,19,20). The highest BCUT2D eigenvalue weighted by molar-refractivity contribution is 14.1. The van der Waals surface area contributed by atoms with Gasteiger partial charge in [0, 0.05) is 15.9 Å². The van der Waals surface area contributed by atoms with E-state index >= 15 is 0 Å². The lowest BCUT2D eigenvalue weighted by atomic mass is 9.96. The van der Waals surface area contributed by atoms with Crippen LogP contribution in [0.2, 0.25) is 0 Å². The number of urea groups is 1. The molecule has 6 heteroatoms. The largest absolute Gasteiger partial charge is 0.334 e. The molecule has 0 aromatic heterocycles. The summed E-state index contributed by atoms with van der Waals surface area (Å²) in [7, 11) is 0. The quantitative estimate of drug-likeness (QED) is 0.595. The second kappa shape index (κ2) is 8.03. The molecule has 2 rings (SSSR count). The van der Waals surface area contributed by atoms with Crippen LogP contribution in [-0.4, -0.2) is 28.5 Å². The predicted molar refractivity (Wildman–Crippen MR) is 94.2 cm³/mol. The molecule has 3 amide bonds. The van der Waals surface area contributed by atoms with Gasteiger partial charge in [0.05, 0.1) is 5.56 Å². The molecule has 0 bridgehead atoms. The number of amides is 3. The van der Waals surface area contributed by atoms with Crippen molar-refractivity contribution in [3.05, 3.63) is 33.4 Å². The molecule has 1 aromatic carbocycles. The van der Waals surface area contributed by atoms with E-state index in [0.717, 1.165) is 29.3 Å². The average Bonchev–Trinajstić information content (AvgIpc) is 2.49. The van der Waals surface area contributed by atoms with Crippen molar-refractivity contribution < 1.29 is 9.59 Å². The number of benzene rings is 1. The fraction of sp³-hybridized carbons (Fsp3) is 0.467. The molecule has 0 atom stereocenters. The molecule has 0 aliphatic heterocycles. The molecule has 4 nitrogen and oxygen atoms in total. The maximum Gasteiger partial charge on any atom is 0.334 e. The smallest absolute Gasteiger partial charge is 0.273 e. The molecule has 0 heterocycles. The minimum absolute atomic E-state index is 0.233. The first-order chi connectivity index (χ1) is 10.1. The van der Waals surface area contributed by atoms with Gasteiger partial charge >= 0.3 is 6.03 Å². The number of hydrogen-bond donors (Lipinski definition) is 1. The third kappa shape index (κ3) is 4.35. The summed E-state index contributed by atoms with van der Waals surface area (Å²) < 4.78 is 2.56. The van der Waals surface area contributed by atoms with Gasteiger partial charge in [0.2, 0.25) is 0 Å². The first-order valence-electron chi connectivity index (χ1n) is 7.06. The van der Waals surface area contributed by atoms with E-state index in [1.165, 1.54) is 18.4 Å². The Balaban J connectivity index is 2.02. The molecular weight excluding hydrogens is 399 g/mol. The third-order valence-electron chi connectivity index (χ3n) is 3.64. The SMILES string of the molecule is CSN(C(=O)NC(=O)c1ccccc1I)C1CCCCC1. The van der Waals surface area contributed by atoms with Crippen LogP contribution in [0, 0.1) is 3.57 Å². The molecule has 1 aromatic rings. The Kier molecular flexibility index (Phi) is 6.35. The second-order valence-corrected chi connectivity index (χ2v) is 6.96. The van der Waals surface area contributed by atoms with Crippen LogP contribution in [0.5, 0.6) is 0 Å². The molecule has 0 unspecified atom stereocenters. The Labute approximate surface area is 143 Å². The second-order valence-electron chi connectivity index (χ2n) is 5.04. The van der Waals surface area contributed by atoms with Gasteiger partial charge < -0.3 is 0 Å². The summed E-state index contributed by atoms with van der Waals surface area (Å²) in [5, 5.41) is 2.51. The molecule has 0 saturated heterocycles. The van der Waals surface area contributed by atoms with Crippen molar-refractivity contribution in [2.75, 3.05) is 6.26 Å². The van der Waals surface area contributed by atoms with Crippen LogP contribution in [0.25, 0.3) is 0 Å². The number of nitrogens with zero attached hydrogens (tertiary/aromatic N) is 1. The summed E-state index contributed by atoms with van der Waals surface area (Å²) in [5.74, 6) is -0.333. The molecule has 1 saturated carbocycles. The van der Waals surface area contributed by atoms with Crippen molar-refractivity contribution in [1.82, 2.24) is 9.62 Å². The van der Waals surface area contributed by atoms with Gasteiger partial charge in [-0.15, -0.1) is 0 Å². The van der Waals surface area contributed by atoms with Crippen LogP contribution >= 0.6 is 34.5 Å². The van der Waals surface area contributed by atoms with Crippen molar-refractivity contribution >= 4 is 46.5 Å². The third-order valence-corrected chi connectivity index (χ3v) is 5.44. The molecule has 0 radical (unpaired) electrons. The highest BCUT2D eigenvalue weighted by Gasteiger charge is 2.26. The summed E-state index contributed by atoms with van der Waals surface area (Å²) in [5.41, 5.74) is 0.538. The van der Waals surface area contributed by atoms with Crippen molar-refractivity contribution in [3.8, 4) is 0 Å². The molecular formula is C15H19IN2O2S. The highest BCUT2D eigenvalue weighted by Crippen LogP contribution is 2.26. The number of nitrogens with one attached hydrogen (secondary N) is 1. The van der Waals surface area contributed by atoms with Crippen LogP contribution < -0.4 is 5.32 Å². The minimum atomic E-state index is -0.333. The van der Waals surface area contributed by atoms with Gasteiger partial charge in [-0.25, -0.2) is 4.79 Å². The summed E-state index contributed by atoms with van der Waals surface area (Å²) >= 11 is 3.49. The fourth-order valence-electron chi connectivity index (χ4n) is 2.58. The zero-order valence-corrected chi connectivity index (χ0v) is 14.9. The van der Waals surface area contributed by atoms with Gasteiger partial charge in [-0.05, 0) is 59.5 Å². The van der Waals surface area contributed by atoms with Crippen molar-refractivity contribution in [2.45, 2.75) is 38.1 Å².